The first-order chi connectivity index (χ1) is 9.93. The summed E-state index contributed by atoms with van der Waals surface area (Å²) < 4.78 is 0.480. The zero-order valence-electron chi connectivity index (χ0n) is 10.4. The van der Waals surface area contributed by atoms with E-state index in [0.29, 0.717) is 9.13 Å². The van der Waals surface area contributed by atoms with Crippen molar-refractivity contribution in [2.75, 3.05) is 0 Å². The molecule has 0 heterocycles. The largest absolute Gasteiger partial charge is 0.289 e. The van der Waals surface area contributed by atoms with E-state index in [0.717, 1.165) is 0 Å². The molecule has 0 aliphatic carbocycles. The molecule has 6 heteroatoms. The molecule has 106 valence electrons. The normalized spacial score (nSPS) is 10.2. The average Bonchev–Trinajstić information content (AvgIpc) is 2.46. The smallest absolute Gasteiger partial charge is 0.254 e. The van der Waals surface area contributed by atoms with Crippen LogP contribution in [0.2, 0.25) is 0 Å². The lowest BCUT2D eigenvalue weighted by Gasteiger charge is -2.11. The van der Waals surface area contributed by atoms with Crippen LogP contribution in [0.5, 0.6) is 0 Å². The molecule has 0 amide bonds. The minimum absolute atomic E-state index is 0.00220. The van der Waals surface area contributed by atoms with E-state index in [4.69, 9.17) is 23.2 Å². The summed E-state index contributed by atoms with van der Waals surface area (Å²) in [6.45, 7) is 0. The SMILES string of the molecule is O=C(Cl)c1ccc(I)c(C(=O)Cl)c1C(=O)c1ccccc1. The molecule has 21 heavy (non-hydrogen) atoms. The zero-order valence-corrected chi connectivity index (χ0v) is 14.1. The molecule has 0 atom stereocenters. The molecule has 0 bridgehead atoms. The van der Waals surface area contributed by atoms with Gasteiger partial charge in [0.05, 0.1) is 5.56 Å². The summed E-state index contributed by atoms with van der Waals surface area (Å²) >= 11 is 13.0. The van der Waals surface area contributed by atoms with Crippen molar-refractivity contribution in [1.82, 2.24) is 0 Å². The monoisotopic (exact) mass is 432 g/mol. The van der Waals surface area contributed by atoms with Gasteiger partial charge in [-0.15, -0.1) is 0 Å². The highest BCUT2D eigenvalue weighted by Crippen LogP contribution is 2.26. The number of halogens is 3. The summed E-state index contributed by atoms with van der Waals surface area (Å²) in [4.78, 5) is 35.8. The number of carbonyl (C=O) groups excluding carboxylic acids is 3. The van der Waals surface area contributed by atoms with E-state index in [-0.39, 0.29) is 16.7 Å². The van der Waals surface area contributed by atoms with Gasteiger partial charge in [0.1, 0.15) is 0 Å². The van der Waals surface area contributed by atoms with E-state index in [1.165, 1.54) is 12.1 Å². The number of rotatable bonds is 4. The Balaban J connectivity index is 2.76. The molecule has 0 aromatic heterocycles. The number of hydrogen-bond acceptors (Lipinski definition) is 3. The predicted molar refractivity (Wildman–Crippen MR) is 89.4 cm³/mol. The Morgan fingerprint density at radius 1 is 0.810 bits per heavy atom. The summed E-state index contributed by atoms with van der Waals surface area (Å²) in [5.41, 5.74) is 0.249. The molecule has 3 nitrogen and oxygen atoms in total. The first-order valence-electron chi connectivity index (χ1n) is 5.75. The first kappa shape index (κ1) is 16.1. The Labute approximate surface area is 144 Å². The van der Waals surface area contributed by atoms with Gasteiger partial charge >= 0.3 is 0 Å². The summed E-state index contributed by atoms with van der Waals surface area (Å²) in [5.74, 6) is -0.470. The second kappa shape index (κ2) is 6.68. The van der Waals surface area contributed by atoms with E-state index in [9.17, 15) is 14.4 Å². The number of carbonyl (C=O) groups is 3. The summed E-state index contributed by atoms with van der Waals surface area (Å²) in [7, 11) is 0. The van der Waals surface area contributed by atoms with Gasteiger partial charge in [0.25, 0.3) is 10.5 Å². The molecule has 0 aliphatic heterocycles. The Morgan fingerprint density at radius 3 is 1.95 bits per heavy atom. The zero-order chi connectivity index (χ0) is 15.6. The van der Waals surface area contributed by atoms with Gasteiger partial charge in [0.2, 0.25) is 0 Å². The lowest BCUT2D eigenvalue weighted by atomic mass is 9.94. The van der Waals surface area contributed by atoms with Gasteiger partial charge in [-0.1, -0.05) is 30.3 Å². The van der Waals surface area contributed by atoms with E-state index < -0.39 is 16.3 Å². The maximum absolute atomic E-state index is 12.6. The van der Waals surface area contributed by atoms with Crippen molar-refractivity contribution >= 4 is 62.1 Å². The van der Waals surface area contributed by atoms with Crippen molar-refractivity contribution in [1.29, 1.82) is 0 Å². The predicted octanol–water partition coefficient (Wildman–Crippen LogP) is 4.28. The fraction of sp³-hybridized carbons (Fsp3) is 0. The minimum Gasteiger partial charge on any atom is -0.289 e. The van der Waals surface area contributed by atoms with Crippen molar-refractivity contribution in [3.05, 3.63) is 68.3 Å². The van der Waals surface area contributed by atoms with Gasteiger partial charge in [-0.2, -0.15) is 0 Å². The van der Waals surface area contributed by atoms with Crippen LogP contribution in [0, 0.1) is 3.57 Å². The van der Waals surface area contributed by atoms with Crippen LogP contribution in [0.3, 0.4) is 0 Å². The molecule has 0 saturated heterocycles. The van der Waals surface area contributed by atoms with E-state index >= 15 is 0 Å². The van der Waals surface area contributed by atoms with Gasteiger partial charge in [0, 0.05) is 20.3 Å². The topological polar surface area (TPSA) is 51.2 Å². The van der Waals surface area contributed by atoms with E-state index in [1.54, 1.807) is 30.3 Å². The summed E-state index contributed by atoms with van der Waals surface area (Å²) in [5, 5.41) is -1.62. The van der Waals surface area contributed by atoms with Gasteiger partial charge in [0.15, 0.2) is 5.78 Å². The van der Waals surface area contributed by atoms with Crippen LogP contribution in [0.25, 0.3) is 0 Å². The third-order valence-corrected chi connectivity index (χ3v) is 4.12. The third kappa shape index (κ3) is 3.33. The maximum atomic E-state index is 12.6. The van der Waals surface area contributed by atoms with Crippen LogP contribution in [0.15, 0.2) is 42.5 Å². The molecule has 0 saturated carbocycles. The molecular weight excluding hydrogens is 426 g/mol. The van der Waals surface area contributed by atoms with Gasteiger partial charge < -0.3 is 0 Å². The van der Waals surface area contributed by atoms with Crippen molar-refractivity contribution in [2.24, 2.45) is 0 Å². The van der Waals surface area contributed by atoms with Crippen LogP contribution in [-0.4, -0.2) is 16.3 Å². The maximum Gasteiger partial charge on any atom is 0.254 e. The Morgan fingerprint density at radius 2 is 1.43 bits per heavy atom. The van der Waals surface area contributed by atoms with Crippen molar-refractivity contribution < 1.29 is 14.4 Å². The fourth-order valence-corrected chi connectivity index (χ4v) is 3.11. The van der Waals surface area contributed by atoms with Gasteiger partial charge in [-0.25, -0.2) is 0 Å². The Hall–Kier alpha value is -1.24. The molecule has 0 radical (unpaired) electrons. The highest BCUT2D eigenvalue weighted by molar-refractivity contribution is 14.1. The molecule has 0 fully saturated rings. The molecule has 0 unspecified atom stereocenters. The number of benzene rings is 2. The van der Waals surface area contributed by atoms with E-state index in [2.05, 4.69) is 0 Å². The molecule has 0 spiro atoms. The summed E-state index contributed by atoms with van der Waals surface area (Å²) in [6, 6.07) is 11.2. The van der Waals surface area contributed by atoms with Crippen LogP contribution >= 0.6 is 45.8 Å². The summed E-state index contributed by atoms with van der Waals surface area (Å²) in [6.07, 6.45) is 0. The number of ketones is 1. The van der Waals surface area contributed by atoms with Crippen LogP contribution in [0.1, 0.15) is 36.6 Å². The molecule has 2 aromatic carbocycles. The second-order valence-electron chi connectivity index (χ2n) is 4.09. The van der Waals surface area contributed by atoms with Crippen molar-refractivity contribution in [3.63, 3.8) is 0 Å². The van der Waals surface area contributed by atoms with Gasteiger partial charge in [-0.3, -0.25) is 14.4 Å². The van der Waals surface area contributed by atoms with Crippen LogP contribution in [-0.2, 0) is 0 Å². The molecule has 2 aromatic rings. The Kier molecular flexibility index (Phi) is 5.13. The third-order valence-electron chi connectivity index (χ3n) is 2.83. The standard InChI is InChI=1S/C15H7Cl2IO3/c16-14(20)9-6-7-10(18)12(15(17)21)11(9)13(19)8-4-2-1-3-5-8/h1-7H. The first-order valence-corrected chi connectivity index (χ1v) is 7.59. The van der Waals surface area contributed by atoms with Crippen molar-refractivity contribution in [2.45, 2.75) is 0 Å². The van der Waals surface area contributed by atoms with Gasteiger partial charge in [-0.05, 0) is 57.9 Å². The van der Waals surface area contributed by atoms with Crippen molar-refractivity contribution in [3.8, 4) is 0 Å². The van der Waals surface area contributed by atoms with E-state index in [1.807, 2.05) is 22.6 Å². The molecular formula is C15H7Cl2IO3. The van der Waals surface area contributed by atoms with Crippen LogP contribution < -0.4 is 0 Å². The second-order valence-corrected chi connectivity index (χ2v) is 5.94. The fourth-order valence-electron chi connectivity index (χ4n) is 1.90. The molecule has 2 rings (SSSR count). The lowest BCUT2D eigenvalue weighted by molar-refractivity contribution is 0.101. The van der Waals surface area contributed by atoms with Crippen LogP contribution in [0.4, 0.5) is 0 Å². The highest BCUT2D eigenvalue weighted by atomic mass is 127. The Bertz CT molecular complexity index is 742. The minimum atomic E-state index is -0.815. The number of hydrogen-bond donors (Lipinski definition) is 0. The highest BCUT2D eigenvalue weighted by Gasteiger charge is 2.26. The average molecular weight is 433 g/mol. The lowest BCUT2D eigenvalue weighted by Crippen LogP contribution is -2.14. The molecule has 0 N–H and O–H groups in total. The molecule has 0 aliphatic rings. The quantitative estimate of drug-likeness (QED) is 0.411.